The average molecular weight is 223 g/mol. The zero-order valence-electron chi connectivity index (χ0n) is 9.02. The van der Waals surface area contributed by atoms with E-state index in [4.69, 9.17) is 0 Å². The first kappa shape index (κ1) is 10.9. The molecule has 0 aliphatic carbocycles. The minimum absolute atomic E-state index is 0.400. The van der Waals surface area contributed by atoms with E-state index < -0.39 is 0 Å². The third-order valence-corrected chi connectivity index (χ3v) is 4.30. The fourth-order valence-corrected chi connectivity index (χ4v) is 3.56. The van der Waals surface area contributed by atoms with Gasteiger partial charge in [-0.15, -0.1) is 0 Å². The molecule has 1 aromatic rings. The minimum Gasteiger partial charge on any atom is -0.312 e. The highest BCUT2D eigenvalue weighted by molar-refractivity contribution is 8.00. The molecular weight excluding hydrogens is 206 g/mol. The van der Waals surface area contributed by atoms with Crippen LogP contribution < -0.4 is 5.32 Å². The Morgan fingerprint density at radius 3 is 2.80 bits per heavy atom. The summed E-state index contributed by atoms with van der Waals surface area (Å²) in [5.41, 5.74) is 1.21. The van der Waals surface area contributed by atoms with Crippen LogP contribution in [-0.2, 0) is 0 Å². The third kappa shape index (κ3) is 2.69. The van der Waals surface area contributed by atoms with E-state index in [-0.39, 0.29) is 0 Å². The highest BCUT2D eigenvalue weighted by Gasteiger charge is 2.24. The number of aromatic nitrogens is 2. The Hall–Kier alpha value is -0.610. The molecule has 2 heterocycles. The topological polar surface area (TPSA) is 37.8 Å². The van der Waals surface area contributed by atoms with Gasteiger partial charge in [-0.25, -0.2) is 9.97 Å². The van der Waals surface area contributed by atoms with Crippen molar-refractivity contribution in [3.05, 3.63) is 24.3 Å². The molecule has 2 atom stereocenters. The van der Waals surface area contributed by atoms with E-state index in [1.807, 2.05) is 19.4 Å². The van der Waals surface area contributed by atoms with Crippen LogP contribution in [0.4, 0.5) is 0 Å². The monoisotopic (exact) mass is 223 g/mol. The molecule has 1 aliphatic rings. The summed E-state index contributed by atoms with van der Waals surface area (Å²) < 4.78 is 0. The summed E-state index contributed by atoms with van der Waals surface area (Å²) in [6.07, 6.45) is 9.44. The summed E-state index contributed by atoms with van der Waals surface area (Å²) in [5, 5.41) is 4.06. The van der Waals surface area contributed by atoms with Gasteiger partial charge in [-0.3, -0.25) is 0 Å². The maximum absolute atomic E-state index is 4.09. The Morgan fingerprint density at radius 2 is 2.20 bits per heavy atom. The summed E-state index contributed by atoms with van der Waals surface area (Å²) in [7, 11) is 2.02. The van der Waals surface area contributed by atoms with Crippen LogP contribution in [0.25, 0.3) is 0 Å². The molecule has 0 aromatic carbocycles. The van der Waals surface area contributed by atoms with Gasteiger partial charge in [0.1, 0.15) is 6.33 Å². The molecule has 0 radical (unpaired) electrons. The van der Waals surface area contributed by atoms with Gasteiger partial charge in [-0.05, 0) is 25.6 Å². The Morgan fingerprint density at radius 1 is 1.40 bits per heavy atom. The lowest BCUT2D eigenvalue weighted by atomic mass is 10.0. The summed E-state index contributed by atoms with van der Waals surface area (Å²) >= 11 is 2.07. The molecule has 2 unspecified atom stereocenters. The SMILES string of the molecule is CNC(c1cncnc1)C1CCCCS1. The maximum Gasteiger partial charge on any atom is 0.115 e. The van der Waals surface area contributed by atoms with E-state index in [0.29, 0.717) is 11.3 Å². The second kappa shape index (κ2) is 5.47. The smallest absolute Gasteiger partial charge is 0.115 e. The van der Waals surface area contributed by atoms with Crippen molar-refractivity contribution in [3.8, 4) is 0 Å². The van der Waals surface area contributed by atoms with Crippen molar-refractivity contribution >= 4 is 11.8 Å². The number of hydrogen-bond acceptors (Lipinski definition) is 4. The molecule has 1 aromatic heterocycles. The second-order valence-corrected chi connectivity index (χ2v) is 5.19. The summed E-state index contributed by atoms with van der Waals surface area (Å²) in [5.74, 6) is 1.29. The Labute approximate surface area is 95.1 Å². The van der Waals surface area contributed by atoms with Crippen molar-refractivity contribution in [2.24, 2.45) is 0 Å². The van der Waals surface area contributed by atoms with E-state index in [1.165, 1.54) is 30.6 Å². The molecule has 2 rings (SSSR count). The van der Waals surface area contributed by atoms with E-state index in [9.17, 15) is 0 Å². The molecule has 1 aliphatic heterocycles. The van der Waals surface area contributed by atoms with Crippen molar-refractivity contribution in [2.45, 2.75) is 30.6 Å². The minimum atomic E-state index is 0.400. The van der Waals surface area contributed by atoms with Gasteiger partial charge in [0, 0.05) is 29.2 Å². The first-order chi connectivity index (χ1) is 7.42. The number of nitrogens with zero attached hydrogens (tertiary/aromatic N) is 2. The molecule has 82 valence electrons. The van der Waals surface area contributed by atoms with Gasteiger partial charge in [0.15, 0.2) is 0 Å². The van der Waals surface area contributed by atoms with Gasteiger partial charge in [-0.2, -0.15) is 11.8 Å². The number of hydrogen-bond donors (Lipinski definition) is 1. The van der Waals surface area contributed by atoms with Gasteiger partial charge in [0.25, 0.3) is 0 Å². The van der Waals surface area contributed by atoms with Crippen molar-refractivity contribution in [1.82, 2.24) is 15.3 Å². The molecule has 1 N–H and O–H groups in total. The maximum atomic E-state index is 4.09. The predicted molar refractivity (Wildman–Crippen MR) is 63.9 cm³/mol. The van der Waals surface area contributed by atoms with E-state index in [1.54, 1.807) is 6.33 Å². The molecule has 0 amide bonds. The first-order valence-corrected chi connectivity index (χ1v) is 6.50. The van der Waals surface area contributed by atoms with Crippen LogP contribution in [0.5, 0.6) is 0 Å². The van der Waals surface area contributed by atoms with Crippen LogP contribution in [0.15, 0.2) is 18.7 Å². The molecule has 0 saturated carbocycles. The van der Waals surface area contributed by atoms with E-state index >= 15 is 0 Å². The molecule has 1 fully saturated rings. The van der Waals surface area contributed by atoms with Crippen LogP contribution >= 0.6 is 11.8 Å². The Balaban J connectivity index is 2.09. The van der Waals surface area contributed by atoms with Crippen molar-refractivity contribution in [3.63, 3.8) is 0 Å². The van der Waals surface area contributed by atoms with Crippen molar-refractivity contribution in [2.75, 3.05) is 12.8 Å². The predicted octanol–water partition coefficient (Wildman–Crippen LogP) is 2.02. The number of rotatable bonds is 3. The standard InChI is InChI=1S/C11H17N3S/c1-12-11(9-6-13-8-14-7-9)10-4-2-3-5-15-10/h6-8,10-12H,2-5H2,1H3. The van der Waals surface area contributed by atoms with Crippen molar-refractivity contribution in [1.29, 1.82) is 0 Å². The van der Waals surface area contributed by atoms with Gasteiger partial charge in [0.05, 0.1) is 0 Å². The highest BCUT2D eigenvalue weighted by Crippen LogP contribution is 2.33. The van der Waals surface area contributed by atoms with Crippen molar-refractivity contribution < 1.29 is 0 Å². The summed E-state index contributed by atoms with van der Waals surface area (Å²) in [6.45, 7) is 0. The summed E-state index contributed by atoms with van der Waals surface area (Å²) in [4.78, 5) is 8.18. The van der Waals surface area contributed by atoms with Crippen LogP contribution in [0.3, 0.4) is 0 Å². The lowest BCUT2D eigenvalue weighted by Gasteiger charge is -2.29. The van der Waals surface area contributed by atoms with Gasteiger partial charge < -0.3 is 5.32 Å². The molecule has 4 heteroatoms. The molecule has 1 saturated heterocycles. The van der Waals surface area contributed by atoms with Crippen LogP contribution in [0, 0.1) is 0 Å². The molecule has 0 bridgehead atoms. The van der Waals surface area contributed by atoms with Gasteiger partial charge in [-0.1, -0.05) is 6.42 Å². The largest absolute Gasteiger partial charge is 0.312 e. The lowest BCUT2D eigenvalue weighted by Crippen LogP contribution is -2.29. The second-order valence-electron chi connectivity index (χ2n) is 3.84. The Bertz CT molecular complexity index is 285. The van der Waals surface area contributed by atoms with E-state index in [2.05, 4.69) is 27.0 Å². The first-order valence-electron chi connectivity index (χ1n) is 5.45. The number of nitrogens with one attached hydrogen (secondary N) is 1. The zero-order valence-corrected chi connectivity index (χ0v) is 9.83. The zero-order chi connectivity index (χ0) is 10.5. The molecule has 15 heavy (non-hydrogen) atoms. The van der Waals surface area contributed by atoms with Crippen LogP contribution in [0.1, 0.15) is 30.9 Å². The molecular formula is C11H17N3S. The quantitative estimate of drug-likeness (QED) is 0.851. The lowest BCUT2D eigenvalue weighted by molar-refractivity contribution is 0.513. The Kier molecular flexibility index (Phi) is 3.97. The average Bonchev–Trinajstić information content (AvgIpc) is 2.33. The van der Waals surface area contributed by atoms with Crippen LogP contribution in [-0.4, -0.2) is 28.0 Å². The van der Waals surface area contributed by atoms with Crippen LogP contribution in [0.2, 0.25) is 0 Å². The normalized spacial score (nSPS) is 23.7. The number of thioether (sulfide) groups is 1. The highest BCUT2D eigenvalue weighted by atomic mass is 32.2. The van der Waals surface area contributed by atoms with Gasteiger partial charge in [0.2, 0.25) is 0 Å². The fraction of sp³-hybridized carbons (Fsp3) is 0.636. The molecule has 0 spiro atoms. The molecule has 3 nitrogen and oxygen atoms in total. The third-order valence-electron chi connectivity index (χ3n) is 2.84. The summed E-state index contributed by atoms with van der Waals surface area (Å²) in [6, 6.07) is 0.400. The van der Waals surface area contributed by atoms with E-state index in [0.717, 1.165) is 0 Å². The van der Waals surface area contributed by atoms with Gasteiger partial charge >= 0.3 is 0 Å². The fourth-order valence-electron chi connectivity index (χ4n) is 2.07.